The summed E-state index contributed by atoms with van der Waals surface area (Å²) in [7, 11) is 4.51. The molecular weight excluding hydrogens is 816 g/mol. The van der Waals surface area contributed by atoms with E-state index >= 15 is 9.18 Å². The van der Waals surface area contributed by atoms with E-state index in [1.807, 2.05) is 0 Å². The molecule has 4 heterocycles. The van der Waals surface area contributed by atoms with E-state index in [4.69, 9.17) is 21.1 Å². The summed E-state index contributed by atoms with van der Waals surface area (Å²) in [6.45, 7) is -0.367. The zero-order chi connectivity index (χ0) is 43.1. The van der Waals surface area contributed by atoms with Crippen molar-refractivity contribution in [3.05, 3.63) is 155 Å². The molecule has 18 heteroatoms. The van der Waals surface area contributed by atoms with Crippen LogP contribution in [0.2, 0.25) is 5.02 Å². The minimum atomic E-state index is -1.77. The Balaban J connectivity index is 1.17. The Morgan fingerprint density at radius 2 is 1.62 bits per heavy atom. The van der Waals surface area contributed by atoms with Crippen molar-refractivity contribution < 1.29 is 33.0 Å². The number of fused-ring (bicyclic) bond motifs is 5. The molecule has 3 aliphatic rings. The number of allylic oxidation sites excluding steroid dienone is 2. The van der Waals surface area contributed by atoms with Gasteiger partial charge < -0.3 is 19.1 Å². The summed E-state index contributed by atoms with van der Waals surface area (Å²) in [5, 5.41) is 11.5. The zero-order valence-corrected chi connectivity index (χ0v) is 33.5. The van der Waals surface area contributed by atoms with Crippen LogP contribution >= 0.6 is 11.6 Å². The number of aryl methyl sites for hydroxylation is 2. The van der Waals surface area contributed by atoms with Gasteiger partial charge in [0, 0.05) is 43.1 Å². The van der Waals surface area contributed by atoms with E-state index in [9.17, 15) is 28.7 Å². The molecule has 4 unspecified atom stereocenters. The van der Waals surface area contributed by atoms with Crippen LogP contribution in [0.25, 0.3) is 11.0 Å². The quantitative estimate of drug-likeness (QED) is 0.155. The van der Waals surface area contributed by atoms with Crippen LogP contribution in [0.5, 0.6) is 17.2 Å². The van der Waals surface area contributed by atoms with Crippen LogP contribution in [-0.4, -0.2) is 59.6 Å². The number of rotatable bonds is 9. The molecule has 1 saturated heterocycles. The fourth-order valence-corrected chi connectivity index (χ4v) is 9.45. The highest BCUT2D eigenvalue weighted by atomic mass is 35.5. The summed E-state index contributed by atoms with van der Waals surface area (Å²) in [5.74, 6) is -5.13. The monoisotopic (exact) mass is 851 g/mol. The average molecular weight is 852 g/mol. The number of hydrazine groups is 1. The molecule has 2 aliphatic heterocycles. The number of aromatic hydroxyl groups is 1. The number of nitrogens with one attached hydrogen (secondary N) is 1. The maximum absolute atomic E-state index is 15.4. The minimum Gasteiger partial charge on any atom is -0.505 e. The number of hydrogen-bond donors (Lipinski definition) is 2. The van der Waals surface area contributed by atoms with Crippen molar-refractivity contribution in [3.63, 3.8) is 0 Å². The fraction of sp³-hybridized carbons (Fsp3) is 0.256. The van der Waals surface area contributed by atoms with Crippen molar-refractivity contribution in [2.45, 2.75) is 43.3 Å². The smallest absolute Gasteiger partial charge is 0.347 e. The van der Waals surface area contributed by atoms with Gasteiger partial charge in [-0.1, -0.05) is 35.9 Å². The van der Waals surface area contributed by atoms with E-state index < -0.39 is 69.4 Å². The third-order valence-electron chi connectivity index (χ3n) is 12.1. The van der Waals surface area contributed by atoms with Crippen molar-refractivity contribution in [3.8, 4) is 17.2 Å². The number of carbonyl (C=O) groups is 2. The van der Waals surface area contributed by atoms with Crippen LogP contribution in [-0.2, 0) is 41.6 Å². The Bertz CT molecular complexity index is 3030. The number of phenolic OH excluding ortho intramolecular Hbond substituents is 1. The third-order valence-corrected chi connectivity index (χ3v) is 12.4. The van der Waals surface area contributed by atoms with Gasteiger partial charge in [-0.25, -0.2) is 37.3 Å². The number of anilines is 1. The van der Waals surface area contributed by atoms with Crippen LogP contribution in [0.4, 0.5) is 14.5 Å². The van der Waals surface area contributed by atoms with Gasteiger partial charge in [0.25, 0.3) is 17.4 Å². The first-order valence-electron chi connectivity index (χ1n) is 19.2. The Morgan fingerprint density at radius 3 is 2.31 bits per heavy atom. The van der Waals surface area contributed by atoms with Crippen LogP contribution < -0.4 is 31.8 Å². The molecule has 6 aromatic rings. The molecule has 0 spiro atoms. The minimum absolute atomic E-state index is 0.0881. The number of benzene rings is 4. The van der Waals surface area contributed by atoms with Gasteiger partial charge in [-0.3, -0.25) is 19.8 Å². The lowest BCUT2D eigenvalue weighted by atomic mass is 9.53. The molecule has 1 saturated carbocycles. The van der Waals surface area contributed by atoms with E-state index in [1.165, 1.54) is 46.3 Å². The first kappa shape index (κ1) is 39.5. The first-order valence-corrected chi connectivity index (χ1v) is 19.5. The molecule has 9 rings (SSSR count). The van der Waals surface area contributed by atoms with Gasteiger partial charge >= 0.3 is 11.4 Å². The van der Waals surface area contributed by atoms with Crippen LogP contribution in [0, 0.1) is 17.6 Å². The van der Waals surface area contributed by atoms with Crippen molar-refractivity contribution in [1.29, 1.82) is 0 Å². The fourth-order valence-electron chi connectivity index (χ4n) is 9.32. The van der Waals surface area contributed by atoms with Crippen molar-refractivity contribution >= 4 is 40.1 Å². The van der Waals surface area contributed by atoms with Gasteiger partial charge in [0.15, 0.2) is 23.1 Å². The van der Waals surface area contributed by atoms with Gasteiger partial charge in [0.05, 0.1) is 54.9 Å². The molecule has 0 bridgehead atoms. The molecule has 15 nitrogen and oxygen atoms in total. The summed E-state index contributed by atoms with van der Waals surface area (Å²) < 4.78 is 45.0. The summed E-state index contributed by atoms with van der Waals surface area (Å²) in [6.07, 6.45) is 1.45. The number of carbonyl (C=O) groups excluding carboxylic acids is 2. The highest BCUT2D eigenvalue weighted by molar-refractivity contribution is 6.30. The van der Waals surface area contributed by atoms with E-state index in [2.05, 4.69) is 10.4 Å². The first-order chi connectivity index (χ1) is 29.3. The molecule has 2 amide bonds. The lowest BCUT2D eigenvalue weighted by Gasteiger charge is -2.49. The highest BCUT2D eigenvalue weighted by Gasteiger charge is 2.68. The topological polar surface area (TPSA) is 172 Å². The molecule has 2 N–H and O–H groups in total. The van der Waals surface area contributed by atoms with Gasteiger partial charge in [0.2, 0.25) is 0 Å². The van der Waals surface area contributed by atoms with Crippen LogP contribution in [0.1, 0.15) is 35.2 Å². The van der Waals surface area contributed by atoms with Crippen molar-refractivity contribution in [1.82, 2.24) is 28.5 Å². The third kappa shape index (κ3) is 5.96. The molecule has 312 valence electrons. The van der Waals surface area contributed by atoms with Crippen LogP contribution in [0.15, 0.2) is 105 Å². The zero-order valence-electron chi connectivity index (χ0n) is 32.8. The van der Waals surface area contributed by atoms with E-state index in [0.29, 0.717) is 38.7 Å². The van der Waals surface area contributed by atoms with Gasteiger partial charge in [0.1, 0.15) is 11.5 Å². The molecule has 4 atom stereocenters. The van der Waals surface area contributed by atoms with E-state index in [0.717, 1.165) is 33.8 Å². The number of methoxy groups -OCH3 is 2. The van der Waals surface area contributed by atoms with E-state index in [1.54, 1.807) is 49.5 Å². The second kappa shape index (κ2) is 14.6. The molecule has 1 aliphatic carbocycles. The van der Waals surface area contributed by atoms with Gasteiger partial charge in [-0.15, -0.1) is 0 Å². The maximum Gasteiger partial charge on any atom is 0.347 e. The number of halogens is 3. The highest BCUT2D eigenvalue weighted by Crippen LogP contribution is 2.62. The number of aromatic nitrogens is 5. The molecular formula is C43H36ClF2N7O8. The standard InChI is InChI=1S/C43H36ClF2N7O8/c1-49-33-21-36(61-3)35(60-2)20-31(33)47-30(39(49)56)15-16-50-41(58)51-17-14-27-32(53(51)42(50)59)19-28-38(55)52(48-26-11-9-25(45)10-12-26)40(57)43(28,23-5-7-24(44)8-6-23)37(27)22-4-13-34(54)29(46)18-22/h4-14,18,20-21,28,32,37,48,54H,15-17,19H2,1-3H3. The Morgan fingerprint density at radius 1 is 0.918 bits per heavy atom. The number of ether oxygens (including phenoxy) is 2. The maximum atomic E-state index is 15.4. The lowest BCUT2D eigenvalue weighted by Crippen LogP contribution is -2.53. The second-order valence-electron chi connectivity index (χ2n) is 15.1. The molecule has 2 fully saturated rings. The summed E-state index contributed by atoms with van der Waals surface area (Å²) in [5.41, 5.74) is 1.46. The number of phenols is 1. The van der Waals surface area contributed by atoms with Gasteiger partial charge in [-0.2, -0.15) is 5.01 Å². The molecule has 2 aromatic heterocycles. The predicted molar refractivity (Wildman–Crippen MR) is 218 cm³/mol. The molecule has 61 heavy (non-hydrogen) atoms. The predicted octanol–water partition coefficient (Wildman–Crippen LogP) is 4.57. The Kier molecular flexibility index (Phi) is 9.45. The molecule has 4 aromatic carbocycles. The normalized spacial score (nSPS) is 20.6. The van der Waals surface area contributed by atoms with Crippen molar-refractivity contribution in [2.24, 2.45) is 13.0 Å². The Hall–Kier alpha value is -7.01. The van der Waals surface area contributed by atoms with E-state index in [-0.39, 0.29) is 42.9 Å². The summed E-state index contributed by atoms with van der Waals surface area (Å²) in [4.78, 5) is 76.8. The number of imide groups is 1. The Labute approximate surface area is 349 Å². The lowest BCUT2D eigenvalue weighted by molar-refractivity contribution is -0.138. The number of nitrogens with zero attached hydrogens (tertiary/aromatic N) is 6. The number of hydrogen-bond acceptors (Lipinski definition) is 10. The SMILES string of the molecule is COc1cc2nc(CCn3c(=O)n4n(c3=O)C3CC5C(=O)N(Nc6ccc(F)cc6)C(=O)C5(c5ccc(Cl)cc5)C(c5ccc(O)c(F)c5)C3=CC4)c(=O)n(C)c2cc1OC. The van der Waals surface area contributed by atoms with Crippen LogP contribution in [0.3, 0.4) is 0 Å². The molecule has 0 radical (unpaired) electrons. The number of amides is 2. The summed E-state index contributed by atoms with van der Waals surface area (Å²) >= 11 is 6.33. The van der Waals surface area contributed by atoms with Crippen molar-refractivity contribution in [2.75, 3.05) is 19.6 Å². The second-order valence-corrected chi connectivity index (χ2v) is 15.6. The van der Waals surface area contributed by atoms with Gasteiger partial charge in [-0.05, 0) is 71.7 Å². The summed E-state index contributed by atoms with van der Waals surface area (Å²) in [6, 6.07) is 17.4. The average Bonchev–Trinajstić information content (AvgIpc) is 3.63. The largest absolute Gasteiger partial charge is 0.505 e.